The molecule has 3 rings (SSSR count). The quantitative estimate of drug-likeness (QED) is 0.772. The summed E-state index contributed by atoms with van der Waals surface area (Å²) >= 11 is 5.85. The Morgan fingerprint density at radius 3 is 2.68 bits per heavy atom. The van der Waals surface area contributed by atoms with Gasteiger partial charge in [-0.25, -0.2) is 18.6 Å². The van der Waals surface area contributed by atoms with E-state index in [1.54, 1.807) is 10.9 Å². The molecular formula is C16H17ClF2N4O2. The SMILES string of the molecule is O=C(O)c1cnc(Cl)cc1N[C@H]1CC[C@H](n2ccc(C(F)F)n2)CC1. The molecule has 2 aromatic heterocycles. The number of halogens is 3. The Kier molecular flexibility index (Phi) is 5.17. The van der Waals surface area contributed by atoms with Crippen molar-refractivity contribution in [2.45, 2.75) is 44.2 Å². The number of carboxylic acid groups (broad SMARTS) is 1. The standard InChI is InChI=1S/C16H17ClF2N4O2/c17-14-7-13(11(8-20-14)16(24)25)21-9-1-3-10(4-2-9)23-6-5-12(22-23)15(18)19/h5-10,15H,1-4H2,(H,20,21)(H,24,25)/t9-,10-. The highest BCUT2D eigenvalue weighted by Gasteiger charge is 2.25. The largest absolute Gasteiger partial charge is 0.478 e. The molecule has 1 saturated carbocycles. The molecule has 0 saturated heterocycles. The molecule has 1 aliphatic rings. The first-order valence-electron chi connectivity index (χ1n) is 7.92. The maximum absolute atomic E-state index is 12.6. The molecule has 0 bridgehead atoms. The van der Waals surface area contributed by atoms with Gasteiger partial charge in [0.2, 0.25) is 0 Å². The van der Waals surface area contributed by atoms with Gasteiger partial charge in [-0.3, -0.25) is 4.68 Å². The summed E-state index contributed by atoms with van der Waals surface area (Å²) in [6.45, 7) is 0. The number of rotatable bonds is 5. The second-order valence-corrected chi connectivity index (χ2v) is 6.42. The van der Waals surface area contributed by atoms with Crippen molar-refractivity contribution in [2.24, 2.45) is 0 Å². The van der Waals surface area contributed by atoms with Gasteiger partial charge in [0.25, 0.3) is 6.43 Å². The summed E-state index contributed by atoms with van der Waals surface area (Å²) in [6, 6.07) is 3.00. The Balaban J connectivity index is 1.63. The number of aromatic nitrogens is 3. The number of nitrogens with zero attached hydrogens (tertiary/aromatic N) is 3. The minimum absolute atomic E-state index is 0.0696. The van der Waals surface area contributed by atoms with Crippen molar-refractivity contribution in [1.82, 2.24) is 14.8 Å². The minimum atomic E-state index is -2.56. The number of carboxylic acids is 1. The fourth-order valence-corrected chi connectivity index (χ4v) is 3.25. The van der Waals surface area contributed by atoms with Gasteiger partial charge in [-0.1, -0.05) is 11.6 Å². The van der Waals surface area contributed by atoms with Crippen molar-refractivity contribution in [3.05, 3.63) is 40.9 Å². The van der Waals surface area contributed by atoms with Crippen LogP contribution in [-0.4, -0.2) is 31.9 Å². The molecule has 0 aliphatic heterocycles. The first-order valence-corrected chi connectivity index (χ1v) is 8.30. The Morgan fingerprint density at radius 1 is 1.36 bits per heavy atom. The van der Waals surface area contributed by atoms with Crippen molar-refractivity contribution in [3.63, 3.8) is 0 Å². The van der Waals surface area contributed by atoms with Gasteiger partial charge in [0.15, 0.2) is 0 Å². The van der Waals surface area contributed by atoms with Crippen LogP contribution in [0.5, 0.6) is 0 Å². The fraction of sp³-hybridized carbons (Fsp3) is 0.438. The third kappa shape index (κ3) is 4.07. The van der Waals surface area contributed by atoms with Gasteiger partial charge in [0.05, 0.1) is 11.7 Å². The van der Waals surface area contributed by atoms with Crippen LogP contribution in [0.2, 0.25) is 5.15 Å². The minimum Gasteiger partial charge on any atom is -0.478 e. The second-order valence-electron chi connectivity index (χ2n) is 6.03. The maximum Gasteiger partial charge on any atom is 0.339 e. The predicted molar refractivity (Wildman–Crippen MR) is 88.3 cm³/mol. The molecular weight excluding hydrogens is 354 g/mol. The van der Waals surface area contributed by atoms with E-state index in [0.29, 0.717) is 5.69 Å². The monoisotopic (exact) mass is 370 g/mol. The summed E-state index contributed by atoms with van der Waals surface area (Å²) in [5, 5.41) is 16.6. The van der Waals surface area contributed by atoms with Gasteiger partial charge < -0.3 is 10.4 Å². The van der Waals surface area contributed by atoms with E-state index in [4.69, 9.17) is 11.6 Å². The van der Waals surface area contributed by atoms with Crippen molar-refractivity contribution in [2.75, 3.05) is 5.32 Å². The van der Waals surface area contributed by atoms with E-state index in [1.807, 2.05) is 0 Å². The molecule has 0 unspecified atom stereocenters. The van der Waals surface area contributed by atoms with Crippen LogP contribution in [0, 0.1) is 0 Å². The summed E-state index contributed by atoms with van der Waals surface area (Å²) in [7, 11) is 0. The molecule has 25 heavy (non-hydrogen) atoms. The summed E-state index contributed by atoms with van der Waals surface area (Å²) in [5.41, 5.74) is 0.299. The van der Waals surface area contributed by atoms with Gasteiger partial charge in [-0.15, -0.1) is 0 Å². The molecule has 6 nitrogen and oxygen atoms in total. The van der Waals surface area contributed by atoms with Crippen molar-refractivity contribution in [1.29, 1.82) is 0 Å². The van der Waals surface area contributed by atoms with Crippen LogP contribution < -0.4 is 5.32 Å². The fourth-order valence-electron chi connectivity index (χ4n) is 3.10. The molecule has 2 N–H and O–H groups in total. The highest BCUT2D eigenvalue weighted by atomic mass is 35.5. The van der Waals surface area contributed by atoms with Gasteiger partial charge in [-0.05, 0) is 37.8 Å². The van der Waals surface area contributed by atoms with Crippen LogP contribution in [0.3, 0.4) is 0 Å². The van der Waals surface area contributed by atoms with Crippen molar-refractivity contribution >= 4 is 23.3 Å². The molecule has 0 atom stereocenters. The van der Waals surface area contributed by atoms with Gasteiger partial charge in [0.1, 0.15) is 16.4 Å². The van der Waals surface area contributed by atoms with Crippen molar-refractivity contribution in [3.8, 4) is 0 Å². The molecule has 2 aromatic rings. The topological polar surface area (TPSA) is 80.0 Å². The highest BCUT2D eigenvalue weighted by molar-refractivity contribution is 6.29. The van der Waals surface area contributed by atoms with Crippen LogP contribution in [0.15, 0.2) is 24.5 Å². The number of carbonyl (C=O) groups is 1. The number of hydrogen-bond donors (Lipinski definition) is 2. The molecule has 1 aliphatic carbocycles. The zero-order chi connectivity index (χ0) is 18.0. The summed E-state index contributed by atoms with van der Waals surface area (Å²) in [6.07, 6.45) is 3.33. The van der Waals surface area contributed by atoms with E-state index in [0.717, 1.165) is 25.7 Å². The Hall–Kier alpha value is -2.22. The molecule has 2 heterocycles. The number of nitrogens with one attached hydrogen (secondary N) is 1. The zero-order valence-electron chi connectivity index (χ0n) is 13.2. The smallest absolute Gasteiger partial charge is 0.339 e. The third-order valence-electron chi connectivity index (χ3n) is 4.38. The third-order valence-corrected chi connectivity index (χ3v) is 4.59. The van der Waals surface area contributed by atoms with Gasteiger partial charge in [0, 0.05) is 18.4 Å². The first kappa shape index (κ1) is 17.6. The first-order chi connectivity index (χ1) is 11.9. The summed E-state index contributed by atoms with van der Waals surface area (Å²) in [4.78, 5) is 15.1. The van der Waals surface area contributed by atoms with Crippen LogP contribution in [0.4, 0.5) is 14.5 Å². The Bertz CT molecular complexity index is 760. The van der Waals surface area contributed by atoms with E-state index in [2.05, 4.69) is 15.4 Å². The van der Waals surface area contributed by atoms with Crippen LogP contribution in [-0.2, 0) is 0 Å². The van der Waals surface area contributed by atoms with Crippen LogP contribution >= 0.6 is 11.6 Å². The van der Waals surface area contributed by atoms with E-state index < -0.39 is 12.4 Å². The highest BCUT2D eigenvalue weighted by Crippen LogP contribution is 2.31. The molecule has 9 heteroatoms. The van der Waals surface area contributed by atoms with Crippen molar-refractivity contribution < 1.29 is 18.7 Å². The van der Waals surface area contributed by atoms with Crippen LogP contribution in [0.25, 0.3) is 0 Å². The molecule has 0 amide bonds. The molecule has 0 spiro atoms. The Labute approximate surface area is 147 Å². The average Bonchev–Trinajstić information content (AvgIpc) is 3.05. The zero-order valence-corrected chi connectivity index (χ0v) is 14.0. The summed E-state index contributed by atoms with van der Waals surface area (Å²) < 4.78 is 26.9. The number of pyridine rings is 1. The van der Waals surface area contributed by atoms with E-state index in [-0.39, 0.29) is 28.5 Å². The lowest BCUT2D eigenvalue weighted by molar-refractivity contribution is 0.0697. The van der Waals surface area contributed by atoms with Crippen LogP contribution in [0.1, 0.15) is 54.2 Å². The second kappa shape index (κ2) is 7.35. The number of hydrogen-bond acceptors (Lipinski definition) is 4. The van der Waals surface area contributed by atoms with E-state index in [9.17, 15) is 18.7 Å². The molecule has 0 radical (unpaired) electrons. The molecule has 1 fully saturated rings. The maximum atomic E-state index is 12.6. The lowest BCUT2D eigenvalue weighted by Crippen LogP contribution is -2.28. The van der Waals surface area contributed by atoms with Gasteiger partial charge >= 0.3 is 5.97 Å². The molecule has 134 valence electrons. The Morgan fingerprint density at radius 2 is 2.08 bits per heavy atom. The number of anilines is 1. The normalized spacial score (nSPS) is 20.6. The van der Waals surface area contributed by atoms with E-state index in [1.165, 1.54) is 18.3 Å². The lowest BCUT2D eigenvalue weighted by atomic mass is 9.91. The predicted octanol–water partition coefficient (Wildman–Crippen LogP) is 4.16. The summed E-state index contributed by atoms with van der Waals surface area (Å²) in [5.74, 6) is -1.07. The average molecular weight is 371 g/mol. The van der Waals surface area contributed by atoms with Gasteiger partial charge in [-0.2, -0.15) is 5.10 Å². The van der Waals surface area contributed by atoms with E-state index >= 15 is 0 Å². The molecule has 0 aromatic carbocycles. The lowest BCUT2D eigenvalue weighted by Gasteiger charge is -2.30. The number of alkyl halides is 2. The number of aromatic carboxylic acids is 1.